The number of phenols is 1. The maximum absolute atomic E-state index is 11.6. The quantitative estimate of drug-likeness (QED) is 0.827. The minimum absolute atomic E-state index is 0.0757. The van der Waals surface area contributed by atoms with E-state index in [1.807, 2.05) is 13.0 Å². The van der Waals surface area contributed by atoms with Crippen LogP contribution in [0, 0.1) is 0 Å². The summed E-state index contributed by atoms with van der Waals surface area (Å²) in [4.78, 5) is 15.8. The number of nitrogens with zero attached hydrogens (tertiary/aromatic N) is 1. The van der Waals surface area contributed by atoms with Gasteiger partial charge in [0.25, 0.3) is 0 Å². The molecule has 0 saturated heterocycles. The van der Waals surface area contributed by atoms with Gasteiger partial charge in [0.1, 0.15) is 17.1 Å². The molecular weight excluding hydrogens is 284 g/mol. The SMILES string of the molecule is COC(=O)c1ccc(N[C@H](C)c2cccc(O)c2)nc1OC. The number of phenolic OH excluding ortho intramolecular Hbond substituents is 1. The maximum Gasteiger partial charge on any atom is 0.343 e. The zero-order valence-electron chi connectivity index (χ0n) is 12.7. The molecule has 0 radical (unpaired) electrons. The van der Waals surface area contributed by atoms with Crippen molar-refractivity contribution in [3.05, 3.63) is 47.5 Å². The topological polar surface area (TPSA) is 80.7 Å². The Bertz CT molecular complexity index is 673. The molecule has 116 valence electrons. The van der Waals surface area contributed by atoms with Crippen molar-refractivity contribution in [2.75, 3.05) is 19.5 Å². The van der Waals surface area contributed by atoms with E-state index in [1.165, 1.54) is 14.2 Å². The van der Waals surface area contributed by atoms with Gasteiger partial charge in [0.05, 0.1) is 20.3 Å². The number of nitrogens with one attached hydrogen (secondary N) is 1. The summed E-state index contributed by atoms with van der Waals surface area (Å²) in [6, 6.07) is 10.2. The first-order valence-corrected chi connectivity index (χ1v) is 6.74. The van der Waals surface area contributed by atoms with Crippen LogP contribution in [-0.2, 0) is 4.74 Å². The third kappa shape index (κ3) is 3.46. The Balaban J connectivity index is 2.21. The van der Waals surface area contributed by atoms with E-state index < -0.39 is 5.97 Å². The van der Waals surface area contributed by atoms with Gasteiger partial charge in [-0.05, 0) is 36.8 Å². The molecule has 0 fully saturated rings. The lowest BCUT2D eigenvalue weighted by molar-refractivity contribution is 0.0596. The van der Waals surface area contributed by atoms with Crippen molar-refractivity contribution in [1.82, 2.24) is 4.98 Å². The summed E-state index contributed by atoms with van der Waals surface area (Å²) in [6.07, 6.45) is 0. The molecule has 0 unspecified atom stereocenters. The number of carbonyl (C=O) groups excluding carboxylic acids is 1. The Hall–Kier alpha value is -2.76. The second-order valence-electron chi connectivity index (χ2n) is 4.71. The predicted octanol–water partition coefficient (Wildman–Crippen LogP) is 2.76. The number of aromatic hydroxyl groups is 1. The lowest BCUT2D eigenvalue weighted by Gasteiger charge is -2.16. The normalized spacial score (nSPS) is 11.6. The Labute approximate surface area is 128 Å². The molecule has 0 aliphatic carbocycles. The molecular formula is C16H18N2O4. The van der Waals surface area contributed by atoms with Crippen molar-refractivity contribution < 1.29 is 19.4 Å². The highest BCUT2D eigenvalue weighted by molar-refractivity contribution is 5.92. The number of anilines is 1. The smallest absolute Gasteiger partial charge is 0.343 e. The maximum atomic E-state index is 11.6. The van der Waals surface area contributed by atoms with Crippen LogP contribution >= 0.6 is 0 Å². The number of pyridine rings is 1. The molecule has 0 aliphatic rings. The van der Waals surface area contributed by atoms with Gasteiger partial charge in [-0.3, -0.25) is 0 Å². The number of methoxy groups -OCH3 is 2. The number of esters is 1. The van der Waals surface area contributed by atoms with Gasteiger partial charge in [-0.25, -0.2) is 4.79 Å². The monoisotopic (exact) mass is 302 g/mol. The first-order chi connectivity index (χ1) is 10.5. The molecule has 1 aromatic heterocycles. The van der Waals surface area contributed by atoms with E-state index in [-0.39, 0.29) is 23.2 Å². The van der Waals surface area contributed by atoms with E-state index in [4.69, 9.17) is 4.74 Å². The Morgan fingerprint density at radius 1 is 1.27 bits per heavy atom. The van der Waals surface area contributed by atoms with E-state index in [9.17, 15) is 9.90 Å². The van der Waals surface area contributed by atoms with E-state index in [2.05, 4.69) is 15.0 Å². The fourth-order valence-corrected chi connectivity index (χ4v) is 2.04. The van der Waals surface area contributed by atoms with Crippen molar-refractivity contribution in [3.63, 3.8) is 0 Å². The van der Waals surface area contributed by atoms with Crippen LogP contribution < -0.4 is 10.1 Å². The average molecular weight is 302 g/mol. The summed E-state index contributed by atoms with van der Waals surface area (Å²) < 4.78 is 9.80. The summed E-state index contributed by atoms with van der Waals surface area (Å²) in [5.41, 5.74) is 1.18. The zero-order valence-corrected chi connectivity index (χ0v) is 12.7. The van der Waals surface area contributed by atoms with E-state index in [1.54, 1.807) is 30.3 Å². The Morgan fingerprint density at radius 2 is 2.05 bits per heavy atom. The molecule has 0 saturated carbocycles. The molecule has 2 rings (SSSR count). The van der Waals surface area contributed by atoms with E-state index in [0.717, 1.165) is 5.56 Å². The van der Waals surface area contributed by atoms with E-state index >= 15 is 0 Å². The van der Waals surface area contributed by atoms with Gasteiger partial charge >= 0.3 is 5.97 Å². The van der Waals surface area contributed by atoms with Gasteiger partial charge in [0.2, 0.25) is 5.88 Å². The predicted molar refractivity (Wildman–Crippen MR) is 82.3 cm³/mol. The van der Waals surface area contributed by atoms with Crippen LogP contribution in [0.4, 0.5) is 5.82 Å². The van der Waals surface area contributed by atoms with Crippen molar-refractivity contribution >= 4 is 11.8 Å². The zero-order chi connectivity index (χ0) is 16.1. The number of benzene rings is 1. The standard InChI is InChI=1S/C16H18N2O4/c1-10(11-5-4-6-12(19)9-11)17-14-8-7-13(16(20)22-3)15(18-14)21-2/h4-10,19H,1-3H3,(H,17,18)/t10-/m1/s1. The summed E-state index contributed by atoms with van der Waals surface area (Å²) in [7, 11) is 2.75. The highest BCUT2D eigenvalue weighted by Gasteiger charge is 2.15. The molecule has 2 aromatic rings. The molecule has 0 amide bonds. The summed E-state index contributed by atoms with van der Waals surface area (Å²) in [5, 5.41) is 12.7. The van der Waals surface area contributed by atoms with Gasteiger partial charge in [0.15, 0.2) is 0 Å². The van der Waals surface area contributed by atoms with Crippen molar-refractivity contribution in [2.45, 2.75) is 13.0 Å². The molecule has 6 heteroatoms. The fraction of sp³-hybridized carbons (Fsp3) is 0.250. The fourth-order valence-electron chi connectivity index (χ4n) is 2.04. The number of carbonyl (C=O) groups is 1. The van der Waals surface area contributed by atoms with Crippen molar-refractivity contribution in [1.29, 1.82) is 0 Å². The van der Waals surface area contributed by atoms with Gasteiger partial charge in [-0.2, -0.15) is 4.98 Å². The molecule has 0 spiro atoms. The molecule has 0 bridgehead atoms. The molecule has 0 aliphatic heterocycles. The number of rotatable bonds is 5. The highest BCUT2D eigenvalue weighted by atomic mass is 16.5. The second kappa shape index (κ2) is 6.80. The Kier molecular flexibility index (Phi) is 4.83. The number of aromatic nitrogens is 1. The van der Waals surface area contributed by atoms with Crippen molar-refractivity contribution in [2.24, 2.45) is 0 Å². The molecule has 22 heavy (non-hydrogen) atoms. The lowest BCUT2D eigenvalue weighted by atomic mass is 10.1. The molecule has 1 atom stereocenters. The van der Waals surface area contributed by atoms with Crippen LogP contribution in [0.2, 0.25) is 0 Å². The molecule has 6 nitrogen and oxygen atoms in total. The van der Waals surface area contributed by atoms with Crippen LogP contribution in [-0.4, -0.2) is 30.3 Å². The first-order valence-electron chi connectivity index (χ1n) is 6.74. The Morgan fingerprint density at radius 3 is 2.68 bits per heavy atom. The summed E-state index contributed by atoms with van der Waals surface area (Å²) >= 11 is 0. The summed E-state index contributed by atoms with van der Waals surface area (Å²) in [6.45, 7) is 1.94. The lowest BCUT2D eigenvalue weighted by Crippen LogP contribution is -2.10. The number of hydrogen-bond acceptors (Lipinski definition) is 6. The third-order valence-corrected chi connectivity index (χ3v) is 3.19. The van der Waals surface area contributed by atoms with Crippen molar-refractivity contribution in [3.8, 4) is 11.6 Å². The minimum atomic E-state index is -0.503. The first kappa shape index (κ1) is 15.6. The van der Waals surface area contributed by atoms with Crippen LogP contribution in [0.25, 0.3) is 0 Å². The van der Waals surface area contributed by atoms with Crippen LogP contribution in [0.15, 0.2) is 36.4 Å². The third-order valence-electron chi connectivity index (χ3n) is 3.19. The number of hydrogen-bond donors (Lipinski definition) is 2. The van der Waals surface area contributed by atoms with E-state index in [0.29, 0.717) is 5.82 Å². The van der Waals surface area contributed by atoms with Crippen LogP contribution in [0.3, 0.4) is 0 Å². The van der Waals surface area contributed by atoms with Crippen LogP contribution in [0.5, 0.6) is 11.6 Å². The van der Waals surface area contributed by atoms with Gasteiger partial charge < -0.3 is 19.9 Å². The molecule has 1 heterocycles. The molecule has 2 N–H and O–H groups in total. The highest BCUT2D eigenvalue weighted by Crippen LogP contribution is 2.24. The largest absolute Gasteiger partial charge is 0.508 e. The number of ether oxygens (including phenoxy) is 2. The molecule has 1 aromatic carbocycles. The average Bonchev–Trinajstić information content (AvgIpc) is 2.54. The van der Waals surface area contributed by atoms with Crippen LogP contribution in [0.1, 0.15) is 28.9 Å². The van der Waals surface area contributed by atoms with Gasteiger partial charge in [-0.1, -0.05) is 12.1 Å². The summed E-state index contributed by atoms with van der Waals surface area (Å²) in [5.74, 6) is 0.454. The minimum Gasteiger partial charge on any atom is -0.508 e. The van der Waals surface area contributed by atoms with Gasteiger partial charge in [0, 0.05) is 0 Å². The second-order valence-corrected chi connectivity index (χ2v) is 4.71. The van der Waals surface area contributed by atoms with Gasteiger partial charge in [-0.15, -0.1) is 0 Å².